The largest absolute Gasteiger partial charge is 0.481 e. The van der Waals surface area contributed by atoms with Crippen LogP contribution in [0.2, 0.25) is 0 Å². The molecule has 6 rings (SSSR count). The maximum atomic E-state index is 13.5. The summed E-state index contributed by atoms with van der Waals surface area (Å²) in [6, 6.07) is 10.4. The van der Waals surface area contributed by atoms with Crippen LogP contribution in [0.15, 0.2) is 47.4 Å². The summed E-state index contributed by atoms with van der Waals surface area (Å²) >= 11 is 0. The van der Waals surface area contributed by atoms with Crippen LogP contribution in [0.25, 0.3) is 22.1 Å². The number of hydrogen-bond donors (Lipinski definition) is 2. The first kappa shape index (κ1) is 28.5. The van der Waals surface area contributed by atoms with Crippen LogP contribution in [0.3, 0.4) is 0 Å². The van der Waals surface area contributed by atoms with Crippen LogP contribution in [0.5, 0.6) is 5.88 Å². The fraction of sp³-hybridized carbons (Fsp3) is 0.452. The molecule has 12 heteroatoms. The number of para-hydroxylation sites is 2. The molecule has 1 unspecified atom stereocenters. The van der Waals surface area contributed by atoms with Crippen LogP contribution >= 0.6 is 0 Å². The number of piperidine rings is 1. The predicted octanol–water partition coefficient (Wildman–Crippen LogP) is 3.08. The Morgan fingerprint density at radius 2 is 1.88 bits per heavy atom. The molecule has 2 N–H and O–H groups in total. The first-order valence-electron chi connectivity index (χ1n) is 14.8. The van der Waals surface area contributed by atoms with E-state index in [0.29, 0.717) is 68.8 Å². The summed E-state index contributed by atoms with van der Waals surface area (Å²) in [6.07, 6.45) is 4.20. The Labute approximate surface area is 248 Å². The average molecular weight is 589 g/mol. The van der Waals surface area contributed by atoms with Crippen molar-refractivity contribution in [2.45, 2.75) is 51.6 Å². The van der Waals surface area contributed by atoms with Gasteiger partial charge < -0.3 is 29.2 Å². The van der Waals surface area contributed by atoms with E-state index < -0.39 is 12.0 Å². The summed E-state index contributed by atoms with van der Waals surface area (Å²) in [5, 5.41) is 0. The lowest BCUT2D eigenvalue weighted by Crippen LogP contribution is -2.45. The molecule has 226 valence electrons. The maximum Gasteiger partial charge on any atom is 0.328 e. The molecule has 2 aliphatic rings. The van der Waals surface area contributed by atoms with Crippen molar-refractivity contribution in [3.63, 3.8) is 0 Å². The molecule has 1 aromatic carbocycles. The number of methoxy groups -OCH3 is 1. The Balaban J connectivity index is 1.12. The summed E-state index contributed by atoms with van der Waals surface area (Å²) in [5.41, 5.74) is 2.89. The first-order valence-corrected chi connectivity index (χ1v) is 14.8. The van der Waals surface area contributed by atoms with Crippen molar-refractivity contribution in [1.82, 2.24) is 29.3 Å². The van der Waals surface area contributed by atoms with Crippen LogP contribution < -0.4 is 10.4 Å². The number of ether oxygens (including phenoxy) is 2. The van der Waals surface area contributed by atoms with Gasteiger partial charge >= 0.3 is 11.7 Å². The van der Waals surface area contributed by atoms with Crippen molar-refractivity contribution in [2.24, 2.45) is 5.41 Å². The molecule has 1 spiro atoms. The van der Waals surface area contributed by atoms with Gasteiger partial charge in [-0.25, -0.2) is 14.6 Å². The number of H-pyrrole nitrogens is 2. The highest BCUT2D eigenvalue weighted by molar-refractivity contribution is 6.05. The maximum absolute atomic E-state index is 13.5. The number of carbonyl (C=O) groups excluding carboxylic acids is 3. The molecule has 12 nitrogen and oxygen atoms in total. The van der Waals surface area contributed by atoms with Gasteiger partial charge in [0.05, 0.1) is 35.8 Å². The Bertz CT molecular complexity index is 1730. The molecule has 0 radical (unpaired) electrons. The number of imidazole rings is 1. The number of carbonyl (C=O) groups is 3. The minimum atomic E-state index is -0.657. The number of hydrogen-bond acceptors (Lipinski definition) is 7. The lowest BCUT2D eigenvalue weighted by molar-refractivity contribution is -0.153. The summed E-state index contributed by atoms with van der Waals surface area (Å²) in [7, 11) is 1.54. The second-order valence-electron chi connectivity index (χ2n) is 11.4. The summed E-state index contributed by atoms with van der Waals surface area (Å²) in [5.74, 6) is -0.187. The van der Waals surface area contributed by atoms with E-state index in [1.54, 1.807) is 28.7 Å². The number of nitrogens with one attached hydrogen (secondary N) is 2. The number of nitrogens with zero attached hydrogens (tertiary/aromatic N) is 4. The zero-order valence-electron chi connectivity index (χ0n) is 24.4. The van der Waals surface area contributed by atoms with E-state index in [2.05, 4.69) is 15.0 Å². The molecule has 2 fully saturated rings. The van der Waals surface area contributed by atoms with E-state index in [1.165, 1.54) is 7.11 Å². The third kappa shape index (κ3) is 5.37. The molecule has 5 heterocycles. The van der Waals surface area contributed by atoms with Gasteiger partial charge in [0.25, 0.3) is 5.91 Å². The summed E-state index contributed by atoms with van der Waals surface area (Å²) < 4.78 is 12.3. The molecule has 2 saturated heterocycles. The number of benzene rings is 1. The highest BCUT2D eigenvalue weighted by Gasteiger charge is 2.50. The standard InChI is InChI=1S/C31H36N6O6/c1-3-43-29(40)24-17-31(19-37(24)26(38)9-6-14-36-23-8-5-4-7-21(23)33-30(36)41)12-15-35(16-13-31)28(39)20-18-32-22-10-11-25(42-2)34-27(20)22/h4-5,7-8,10-11,18,24,32H,3,6,9,12-17,19H2,1-2H3,(H,33,41). The third-order valence-electron chi connectivity index (χ3n) is 8.89. The second-order valence-corrected chi connectivity index (χ2v) is 11.4. The number of aromatic nitrogens is 4. The first-order chi connectivity index (χ1) is 20.8. The van der Waals surface area contributed by atoms with Gasteiger partial charge in [0.2, 0.25) is 11.8 Å². The molecular formula is C31H36N6O6. The van der Waals surface area contributed by atoms with Gasteiger partial charge in [0.15, 0.2) is 0 Å². The number of likely N-dealkylation sites (tertiary alicyclic amines) is 2. The number of pyridine rings is 1. The average Bonchev–Trinajstić information content (AvgIpc) is 3.70. The van der Waals surface area contributed by atoms with Gasteiger partial charge in [-0.1, -0.05) is 12.1 Å². The fourth-order valence-electron chi connectivity index (χ4n) is 6.60. The molecule has 43 heavy (non-hydrogen) atoms. The highest BCUT2D eigenvalue weighted by atomic mass is 16.5. The van der Waals surface area contributed by atoms with Gasteiger partial charge in [-0.05, 0) is 56.2 Å². The highest BCUT2D eigenvalue weighted by Crippen LogP contribution is 2.44. The molecule has 0 saturated carbocycles. The molecule has 0 aliphatic carbocycles. The van der Waals surface area contributed by atoms with E-state index in [4.69, 9.17) is 9.47 Å². The Kier molecular flexibility index (Phi) is 7.68. The molecule has 2 aliphatic heterocycles. The fourth-order valence-corrected chi connectivity index (χ4v) is 6.60. The minimum absolute atomic E-state index is 0.109. The van der Waals surface area contributed by atoms with Gasteiger partial charge in [-0.2, -0.15) is 0 Å². The molecule has 1 atom stereocenters. The third-order valence-corrected chi connectivity index (χ3v) is 8.89. The molecule has 0 bridgehead atoms. The van der Waals surface area contributed by atoms with Gasteiger partial charge in [0.1, 0.15) is 11.6 Å². The van der Waals surface area contributed by atoms with Crippen LogP contribution in [0.1, 0.15) is 49.4 Å². The zero-order chi connectivity index (χ0) is 30.1. The zero-order valence-corrected chi connectivity index (χ0v) is 24.4. The smallest absolute Gasteiger partial charge is 0.328 e. The molecule has 3 aromatic heterocycles. The van der Waals surface area contributed by atoms with Crippen molar-refractivity contribution >= 4 is 39.9 Å². The molecule has 2 amide bonds. The number of amides is 2. The van der Waals surface area contributed by atoms with Crippen LogP contribution in [0, 0.1) is 5.41 Å². The Morgan fingerprint density at radius 3 is 2.65 bits per heavy atom. The number of aromatic amines is 2. The lowest BCUT2D eigenvalue weighted by atomic mass is 9.76. The number of fused-ring (bicyclic) bond motifs is 2. The SMILES string of the molecule is CCOC(=O)C1CC2(CCN(C(=O)c3c[nH]c4ccc(OC)nc34)CC2)CN1C(=O)CCCn1c(=O)[nH]c2ccccc21. The van der Waals surface area contributed by atoms with Crippen molar-refractivity contribution in [1.29, 1.82) is 0 Å². The second kappa shape index (κ2) is 11.6. The van der Waals surface area contributed by atoms with Crippen LogP contribution in [-0.4, -0.2) is 86.5 Å². The number of esters is 1. The Hall–Kier alpha value is -4.61. The van der Waals surface area contributed by atoms with Crippen molar-refractivity contribution in [2.75, 3.05) is 33.4 Å². The van der Waals surface area contributed by atoms with Gasteiger partial charge in [-0.15, -0.1) is 0 Å². The summed E-state index contributed by atoms with van der Waals surface area (Å²) in [4.78, 5) is 66.3. The molecular weight excluding hydrogens is 552 g/mol. The number of rotatable bonds is 8. The van der Waals surface area contributed by atoms with Crippen LogP contribution in [-0.2, 0) is 20.9 Å². The van der Waals surface area contributed by atoms with E-state index in [0.717, 1.165) is 16.6 Å². The number of aryl methyl sites for hydroxylation is 1. The monoisotopic (exact) mass is 588 g/mol. The van der Waals surface area contributed by atoms with Crippen molar-refractivity contribution in [3.05, 3.63) is 58.6 Å². The topological polar surface area (TPSA) is 143 Å². The summed E-state index contributed by atoms with van der Waals surface area (Å²) in [6.45, 7) is 3.85. The quantitative estimate of drug-likeness (QED) is 0.301. The molecule has 4 aromatic rings. The van der Waals surface area contributed by atoms with Crippen LogP contribution in [0.4, 0.5) is 0 Å². The van der Waals surface area contributed by atoms with Gasteiger partial charge in [-0.3, -0.25) is 14.2 Å². The van der Waals surface area contributed by atoms with Gasteiger partial charge in [0, 0.05) is 44.9 Å². The Morgan fingerprint density at radius 1 is 1.09 bits per heavy atom. The van der Waals surface area contributed by atoms with Crippen molar-refractivity contribution in [3.8, 4) is 5.88 Å². The lowest BCUT2D eigenvalue weighted by Gasteiger charge is -2.39. The van der Waals surface area contributed by atoms with E-state index in [9.17, 15) is 19.2 Å². The minimum Gasteiger partial charge on any atom is -0.481 e. The van der Waals surface area contributed by atoms with Crippen molar-refractivity contribution < 1.29 is 23.9 Å². The normalized spacial score (nSPS) is 18.0. The van der Waals surface area contributed by atoms with E-state index >= 15 is 0 Å². The predicted molar refractivity (Wildman–Crippen MR) is 159 cm³/mol. The van der Waals surface area contributed by atoms with E-state index in [1.807, 2.05) is 35.2 Å². The van der Waals surface area contributed by atoms with E-state index in [-0.39, 0.29) is 35.9 Å².